The number of para-hydroxylation sites is 1. The number of nitrogens with two attached hydrogens (primary N) is 1. The first-order valence-corrected chi connectivity index (χ1v) is 7.46. The summed E-state index contributed by atoms with van der Waals surface area (Å²) in [6, 6.07) is 7.64. The molecule has 3 N–H and O–H groups in total. The van der Waals surface area contributed by atoms with Gasteiger partial charge >= 0.3 is 0 Å². The number of carbonyl (C=O) groups is 1. The Morgan fingerprint density at radius 1 is 1.52 bits per heavy atom. The molecule has 110 valence electrons. The molecule has 1 amide bonds. The number of hydrogen-bond donors (Lipinski definition) is 2. The molecule has 1 aromatic carbocycles. The number of nitrogens with zero attached hydrogens (tertiary/aromatic N) is 2. The molecule has 0 aliphatic carbocycles. The highest BCUT2D eigenvalue weighted by molar-refractivity contribution is 7.99. The molecule has 0 aliphatic heterocycles. The Morgan fingerprint density at radius 2 is 2.24 bits per heavy atom. The second-order valence-corrected chi connectivity index (χ2v) is 5.58. The van der Waals surface area contributed by atoms with Gasteiger partial charge in [0, 0.05) is 17.7 Å². The number of nitrogens with one attached hydrogen (secondary N) is 1. The van der Waals surface area contributed by atoms with Gasteiger partial charge < -0.3 is 11.1 Å². The highest BCUT2D eigenvalue weighted by Crippen LogP contribution is 2.28. The van der Waals surface area contributed by atoms with E-state index in [1.165, 1.54) is 4.68 Å². The molecule has 2 aromatic rings. The molecular weight excluding hydrogens is 284 g/mol. The van der Waals surface area contributed by atoms with Crippen molar-refractivity contribution >= 4 is 29.0 Å². The molecule has 5 nitrogen and oxygen atoms in total. The molecule has 0 aliphatic rings. The third-order valence-electron chi connectivity index (χ3n) is 2.98. The van der Waals surface area contributed by atoms with Gasteiger partial charge in [-0.05, 0) is 19.1 Å². The summed E-state index contributed by atoms with van der Waals surface area (Å²) in [6.07, 6.45) is 1.83. The average molecular weight is 302 g/mol. The van der Waals surface area contributed by atoms with Crippen molar-refractivity contribution in [3.8, 4) is 0 Å². The first kappa shape index (κ1) is 15.2. The highest BCUT2D eigenvalue weighted by Gasteiger charge is 2.18. The summed E-state index contributed by atoms with van der Waals surface area (Å²) in [6.45, 7) is 5.48. The maximum Gasteiger partial charge on any atom is 0.276 e. The Labute approximate surface area is 128 Å². The Balaban J connectivity index is 2.25. The standard InChI is InChI=1S/C15H18N4OS/c1-4-9-21-12-8-6-5-7-11(12)17-15(20)14-13(16)10(2)18-19(14)3/h4-8H,1,9,16H2,2-3H3,(H,17,20). The second-order valence-electron chi connectivity index (χ2n) is 4.52. The Kier molecular flexibility index (Phi) is 4.70. The molecule has 0 atom stereocenters. The number of aromatic nitrogens is 2. The average Bonchev–Trinajstić information content (AvgIpc) is 2.71. The summed E-state index contributed by atoms with van der Waals surface area (Å²) in [7, 11) is 1.71. The molecule has 0 radical (unpaired) electrons. The minimum atomic E-state index is -0.262. The first-order chi connectivity index (χ1) is 10.0. The van der Waals surface area contributed by atoms with Crippen molar-refractivity contribution in [1.29, 1.82) is 0 Å². The molecule has 0 spiro atoms. The van der Waals surface area contributed by atoms with Gasteiger partial charge in [-0.3, -0.25) is 9.48 Å². The van der Waals surface area contributed by atoms with Crippen molar-refractivity contribution in [2.24, 2.45) is 7.05 Å². The van der Waals surface area contributed by atoms with E-state index in [1.54, 1.807) is 25.7 Å². The fraction of sp³-hybridized carbons (Fsp3) is 0.200. The largest absolute Gasteiger partial charge is 0.395 e. The Bertz CT molecular complexity index is 678. The number of thioether (sulfide) groups is 1. The zero-order valence-electron chi connectivity index (χ0n) is 12.1. The van der Waals surface area contributed by atoms with Crippen molar-refractivity contribution in [3.63, 3.8) is 0 Å². The van der Waals surface area contributed by atoms with Gasteiger partial charge in [0.05, 0.1) is 17.1 Å². The predicted octanol–water partition coefficient (Wildman–Crippen LogP) is 2.84. The maximum absolute atomic E-state index is 12.4. The summed E-state index contributed by atoms with van der Waals surface area (Å²) in [5.74, 6) is 0.516. The van der Waals surface area contributed by atoms with Crippen LogP contribution >= 0.6 is 11.8 Å². The SMILES string of the molecule is C=CCSc1ccccc1NC(=O)c1c(N)c(C)nn1C. The molecule has 0 saturated heterocycles. The normalized spacial score (nSPS) is 10.4. The van der Waals surface area contributed by atoms with E-state index in [0.29, 0.717) is 17.1 Å². The highest BCUT2D eigenvalue weighted by atomic mass is 32.2. The second kappa shape index (κ2) is 6.49. The number of benzene rings is 1. The third-order valence-corrected chi connectivity index (χ3v) is 4.04. The lowest BCUT2D eigenvalue weighted by Crippen LogP contribution is -2.18. The number of anilines is 2. The van der Waals surface area contributed by atoms with E-state index in [2.05, 4.69) is 17.0 Å². The molecule has 0 saturated carbocycles. The zero-order valence-corrected chi connectivity index (χ0v) is 12.9. The quantitative estimate of drug-likeness (QED) is 0.658. The molecular formula is C15H18N4OS. The van der Waals surface area contributed by atoms with Gasteiger partial charge in [-0.15, -0.1) is 18.3 Å². The lowest BCUT2D eigenvalue weighted by Gasteiger charge is -2.10. The van der Waals surface area contributed by atoms with Gasteiger partial charge in [0.15, 0.2) is 0 Å². The van der Waals surface area contributed by atoms with Crippen LogP contribution in [0.25, 0.3) is 0 Å². The predicted molar refractivity (Wildman–Crippen MR) is 87.7 cm³/mol. The van der Waals surface area contributed by atoms with E-state index >= 15 is 0 Å². The third kappa shape index (κ3) is 3.28. The van der Waals surface area contributed by atoms with Crippen LogP contribution in [-0.4, -0.2) is 21.4 Å². The number of carbonyl (C=O) groups excluding carboxylic acids is 1. The van der Waals surface area contributed by atoms with E-state index in [0.717, 1.165) is 16.3 Å². The number of nitrogen functional groups attached to an aromatic ring is 1. The van der Waals surface area contributed by atoms with Gasteiger partial charge in [0.2, 0.25) is 0 Å². The van der Waals surface area contributed by atoms with E-state index in [4.69, 9.17) is 5.73 Å². The van der Waals surface area contributed by atoms with Gasteiger partial charge in [-0.25, -0.2) is 0 Å². The number of amides is 1. The van der Waals surface area contributed by atoms with Crippen LogP contribution < -0.4 is 11.1 Å². The lowest BCUT2D eigenvalue weighted by molar-refractivity contribution is 0.101. The minimum Gasteiger partial charge on any atom is -0.395 e. The van der Waals surface area contributed by atoms with Gasteiger partial charge in [-0.2, -0.15) is 5.10 Å². The van der Waals surface area contributed by atoms with Gasteiger partial charge in [0.25, 0.3) is 5.91 Å². The smallest absolute Gasteiger partial charge is 0.276 e. The molecule has 6 heteroatoms. The van der Waals surface area contributed by atoms with E-state index < -0.39 is 0 Å². The molecule has 1 heterocycles. The minimum absolute atomic E-state index is 0.262. The van der Waals surface area contributed by atoms with Crippen LogP contribution in [-0.2, 0) is 7.05 Å². The number of hydrogen-bond acceptors (Lipinski definition) is 4. The van der Waals surface area contributed by atoms with Crippen LogP contribution in [0, 0.1) is 6.92 Å². The van der Waals surface area contributed by atoms with Crippen LogP contribution in [0.15, 0.2) is 41.8 Å². The lowest BCUT2D eigenvalue weighted by atomic mass is 10.2. The Hall–Kier alpha value is -2.21. The zero-order chi connectivity index (χ0) is 15.4. The van der Waals surface area contributed by atoms with Gasteiger partial charge in [0.1, 0.15) is 5.69 Å². The summed E-state index contributed by atoms with van der Waals surface area (Å²) >= 11 is 1.61. The van der Waals surface area contributed by atoms with Crippen LogP contribution in [0.2, 0.25) is 0 Å². The number of rotatable bonds is 5. The summed E-state index contributed by atoms with van der Waals surface area (Å²) in [5.41, 5.74) is 8.10. The van der Waals surface area contributed by atoms with E-state index in [9.17, 15) is 4.79 Å². The van der Waals surface area contributed by atoms with Crippen LogP contribution in [0.3, 0.4) is 0 Å². The van der Waals surface area contributed by atoms with Crippen LogP contribution in [0.5, 0.6) is 0 Å². The van der Waals surface area contributed by atoms with E-state index in [1.807, 2.05) is 30.3 Å². The van der Waals surface area contributed by atoms with Gasteiger partial charge in [-0.1, -0.05) is 18.2 Å². The van der Waals surface area contributed by atoms with Crippen LogP contribution in [0.1, 0.15) is 16.2 Å². The van der Waals surface area contributed by atoms with Crippen molar-refractivity contribution < 1.29 is 4.79 Å². The van der Waals surface area contributed by atoms with Crippen molar-refractivity contribution in [2.45, 2.75) is 11.8 Å². The molecule has 1 aromatic heterocycles. The summed E-state index contributed by atoms with van der Waals surface area (Å²) in [4.78, 5) is 13.4. The van der Waals surface area contributed by atoms with Crippen molar-refractivity contribution in [1.82, 2.24) is 9.78 Å². The van der Waals surface area contributed by atoms with Crippen LogP contribution in [0.4, 0.5) is 11.4 Å². The molecule has 21 heavy (non-hydrogen) atoms. The fourth-order valence-corrected chi connectivity index (χ4v) is 2.72. The molecule has 0 unspecified atom stereocenters. The monoisotopic (exact) mass is 302 g/mol. The van der Waals surface area contributed by atoms with Crippen molar-refractivity contribution in [2.75, 3.05) is 16.8 Å². The summed E-state index contributed by atoms with van der Waals surface area (Å²) in [5, 5.41) is 7.05. The molecule has 0 bridgehead atoms. The Morgan fingerprint density at radius 3 is 2.86 bits per heavy atom. The topological polar surface area (TPSA) is 72.9 Å². The van der Waals surface area contributed by atoms with Crippen molar-refractivity contribution in [3.05, 3.63) is 48.3 Å². The molecule has 0 fully saturated rings. The molecule has 2 rings (SSSR count). The maximum atomic E-state index is 12.4. The first-order valence-electron chi connectivity index (χ1n) is 6.47. The summed E-state index contributed by atoms with van der Waals surface area (Å²) < 4.78 is 1.50. The fourth-order valence-electron chi connectivity index (χ4n) is 1.97. The number of aryl methyl sites for hydroxylation is 2. The van der Waals surface area contributed by atoms with E-state index in [-0.39, 0.29) is 5.91 Å².